The van der Waals surface area contributed by atoms with Crippen molar-refractivity contribution in [2.75, 3.05) is 0 Å². The van der Waals surface area contributed by atoms with E-state index in [0.29, 0.717) is 11.4 Å². The van der Waals surface area contributed by atoms with Gasteiger partial charge in [-0.15, -0.1) is 0 Å². The summed E-state index contributed by atoms with van der Waals surface area (Å²) < 4.78 is 3.16. The normalized spacial score (nSPS) is 15.0. The van der Waals surface area contributed by atoms with E-state index in [-0.39, 0.29) is 17.7 Å². The molecule has 2 amide bonds. The summed E-state index contributed by atoms with van der Waals surface area (Å²) in [6.07, 6.45) is 3.92. The van der Waals surface area contributed by atoms with E-state index in [0.717, 1.165) is 38.3 Å². The lowest BCUT2D eigenvalue weighted by atomic mass is 10.1. The van der Waals surface area contributed by atoms with Crippen molar-refractivity contribution < 1.29 is 9.59 Å². The number of rotatable bonds is 5. The van der Waals surface area contributed by atoms with Crippen LogP contribution in [0.5, 0.6) is 0 Å². The molecule has 176 valence electrons. The van der Waals surface area contributed by atoms with E-state index in [1.54, 1.807) is 0 Å². The Morgan fingerprint density at radius 1 is 0.778 bits per heavy atom. The molecule has 0 radical (unpaired) electrons. The molecule has 2 heterocycles. The van der Waals surface area contributed by atoms with Crippen molar-refractivity contribution >= 4 is 66.6 Å². The maximum absolute atomic E-state index is 13.1. The number of carbonyl (C=O) groups excluding carboxylic acids is 2. The third-order valence-electron chi connectivity index (χ3n) is 6.40. The molecule has 0 bridgehead atoms. The largest absolute Gasteiger partial charge is 0.342 e. The Hall–Kier alpha value is -3.61. The summed E-state index contributed by atoms with van der Waals surface area (Å²) in [5.74, 6) is -0.251. The second-order valence-corrected chi connectivity index (χ2v) is 10.7. The topological polar surface area (TPSA) is 42.3 Å². The second-order valence-electron chi connectivity index (χ2n) is 8.81. The minimum atomic E-state index is -0.251. The molecule has 36 heavy (non-hydrogen) atoms. The van der Waals surface area contributed by atoms with E-state index in [1.165, 1.54) is 21.2 Å². The molecule has 0 atom stereocenters. The zero-order valence-electron chi connectivity index (χ0n) is 19.2. The molecule has 4 aromatic carbocycles. The highest BCUT2D eigenvalue weighted by Gasteiger charge is 2.35. The minimum absolute atomic E-state index is 0.242. The molecule has 0 unspecified atom stereocenters. The van der Waals surface area contributed by atoms with Gasteiger partial charge in [0.2, 0.25) is 0 Å². The number of imide groups is 1. The van der Waals surface area contributed by atoms with Crippen LogP contribution in [0.4, 0.5) is 4.79 Å². The Balaban J connectivity index is 1.31. The molecule has 1 fully saturated rings. The van der Waals surface area contributed by atoms with Crippen LogP contribution >= 0.6 is 27.7 Å². The van der Waals surface area contributed by atoms with Crippen molar-refractivity contribution in [2.24, 2.45) is 0 Å². The molecular formula is C30H21BrN2O2S. The SMILES string of the molecule is O=C1S/C(=C\c2cn(Cc3ccc4ccccc4c3)c3ccccc23)C(=O)N1Cc1ccc(Br)cc1. The molecule has 0 aliphatic carbocycles. The van der Waals surface area contributed by atoms with Gasteiger partial charge in [0.05, 0.1) is 11.4 Å². The molecule has 6 heteroatoms. The average molecular weight is 553 g/mol. The minimum Gasteiger partial charge on any atom is -0.342 e. The van der Waals surface area contributed by atoms with Gasteiger partial charge >= 0.3 is 0 Å². The van der Waals surface area contributed by atoms with Crippen LogP contribution in [0.25, 0.3) is 27.8 Å². The van der Waals surface area contributed by atoms with Crippen LogP contribution in [0.15, 0.2) is 107 Å². The fourth-order valence-corrected chi connectivity index (χ4v) is 5.70. The molecule has 0 spiro atoms. The van der Waals surface area contributed by atoms with Crippen molar-refractivity contribution in [1.82, 2.24) is 9.47 Å². The maximum atomic E-state index is 13.1. The standard InChI is InChI=1S/C30H21BrN2O2S/c31-25-13-10-20(11-14-25)18-33-29(34)28(36-30(33)35)16-24-19-32(27-8-4-3-7-26(24)27)17-21-9-12-22-5-1-2-6-23(22)15-21/h1-16,19H,17-18H2/b28-16-. The number of carbonyl (C=O) groups is 2. The van der Waals surface area contributed by atoms with Gasteiger partial charge in [-0.05, 0) is 64.0 Å². The zero-order valence-corrected chi connectivity index (χ0v) is 21.6. The third kappa shape index (κ3) is 4.38. The van der Waals surface area contributed by atoms with Crippen LogP contribution in [0.1, 0.15) is 16.7 Å². The first kappa shape index (κ1) is 22.8. The summed E-state index contributed by atoms with van der Waals surface area (Å²) >= 11 is 4.42. The molecule has 5 aromatic rings. The number of benzene rings is 4. The Kier molecular flexibility index (Phi) is 5.99. The van der Waals surface area contributed by atoms with Gasteiger partial charge in [-0.1, -0.05) is 82.7 Å². The molecule has 0 N–H and O–H groups in total. The van der Waals surface area contributed by atoms with Crippen LogP contribution in [-0.2, 0) is 17.9 Å². The predicted octanol–water partition coefficient (Wildman–Crippen LogP) is 7.84. The van der Waals surface area contributed by atoms with E-state index in [9.17, 15) is 9.59 Å². The van der Waals surface area contributed by atoms with E-state index in [2.05, 4.69) is 75.2 Å². The summed E-state index contributed by atoms with van der Waals surface area (Å²) in [4.78, 5) is 27.6. The summed E-state index contributed by atoms with van der Waals surface area (Å²) in [7, 11) is 0. The predicted molar refractivity (Wildman–Crippen MR) is 151 cm³/mol. The molecule has 1 aliphatic heterocycles. The van der Waals surface area contributed by atoms with Crippen LogP contribution in [0.3, 0.4) is 0 Å². The Morgan fingerprint density at radius 3 is 2.33 bits per heavy atom. The molecule has 0 saturated carbocycles. The summed E-state index contributed by atoms with van der Waals surface area (Å²) in [6, 6.07) is 30.7. The number of para-hydroxylation sites is 1. The Labute approximate surface area is 221 Å². The van der Waals surface area contributed by atoms with Crippen LogP contribution in [-0.4, -0.2) is 20.6 Å². The third-order valence-corrected chi connectivity index (χ3v) is 7.84. The van der Waals surface area contributed by atoms with Gasteiger partial charge in [0.1, 0.15) is 0 Å². The van der Waals surface area contributed by atoms with Gasteiger partial charge in [0.25, 0.3) is 11.1 Å². The lowest BCUT2D eigenvalue weighted by Crippen LogP contribution is -2.27. The monoisotopic (exact) mass is 552 g/mol. The van der Waals surface area contributed by atoms with Gasteiger partial charge in [-0.2, -0.15) is 0 Å². The molecule has 4 nitrogen and oxygen atoms in total. The molecule has 1 aromatic heterocycles. The summed E-state index contributed by atoms with van der Waals surface area (Å²) in [5, 5.41) is 3.25. The highest BCUT2D eigenvalue weighted by atomic mass is 79.9. The second kappa shape index (κ2) is 9.45. The Bertz CT molecular complexity index is 1670. The van der Waals surface area contributed by atoms with Crippen LogP contribution in [0, 0.1) is 0 Å². The first-order chi connectivity index (χ1) is 17.5. The van der Waals surface area contributed by atoms with Crippen LogP contribution < -0.4 is 0 Å². The van der Waals surface area contributed by atoms with Gasteiger partial charge in [-0.3, -0.25) is 14.5 Å². The first-order valence-corrected chi connectivity index (χ1v) is 13.2. The highest BCUT2D eigenvalue weighted by Crippen LogP contribution is 2.35. The number of amides is 2. The number of thioether (sulfide) groups is 1. The fourth-order valence-electron chi connectivity index (χ4n) is 4.60. The van der Waals surface area contributed by atoms with E-state index >= 15 is 0 Å². The molecular weight excluding hydrogens is 532 g/mol. The van der Waals surface area contributed by atoms with Crippen LogP contribution in [0.2, 0.25) is 0 Å². The van der Waals surface area contributed by atoms with E-state index < -0.39 is 0 Å². The summed E-state index contributed by atoms with van der Waals surface area (Å²) in [6.45, 7) is 0.975. The van der Waals surface area contributed by atoms with Gasteiger partial charge in [0.15, 0.2) is 0 Å². The molecule has 1 aliphatic rings. The molecule has 6 rings (SSSR count). The fraction of sp³-hybridized carbons (Fsp3) is 0.0667. The van der Waals surface area contributed by atoms with Gasteiger partial charge in [0, 0.05) is 33.7 Å². The van der Waals surface area contributed by atoms with Crippen molar-refractivity contribution in [3.05, 3.63) is 123 Å². The van der Waals surface area contributed by atoms with Crippen molar-refractivity contribution in [1.29, 1.82) is 0 Å². The van der Waals surface area contributed by atoms with Gasteiger partial charge in [-0.25, -0.2) is 0 Å². The summed E-state index contributed by atoms with van der Waals surface area (Å²) in [5.41, 5.74) is 4.14. The lowest BCUT2D eigenvalue weighted by molar-refractivity contribution is -0.123. The number of hydrogen-bond acceptors (Lipinski definition) is 3. The van der Waals surface area contributed by atoms with E-state index in [1.807, 2.05) is 48.5 Å². The van der Waals surface area contributed by atoms with Crippen molar-refractivity contribution in [3.8, 4) is 0 Å². The highest BCUT2D eigenvalue weighted by molar-refractivity contribution is 9.10. The number of nitrogens with zero attached hydrogens (tertiary/aromatic N) is 2. The number of aromatic nitrogens is 1. The number of halogens is 1. The smallest absolute Gasteiger partial charge is 0.293 e. The quantitative estimate of drug-likeness (QED) is 0.208. The lowest BCUT2D eigenvalue weighted by Gasteiger charge is -2.12. The van der Waals surface area contributed by atoms with E-state index in [4.69, 9.17) is 0 Å². The molecule has 1 saturated heterocycles. The first-order valence-electron chi connectivity index (χ1n) is 11.6. The van der Waals surface area contributed by atoms with Crippen molar-refractivity contribution in [3.63, 3.8) is 0 Å². The average Bonchev–Trinajstić information content (AvgIpc) is 3.37. The van der Waals surface area contributed by atoms with Crippen molar-refractivity contribution in [2.45, 2.75) is 13.1 Å². The van der Waals surface area contributed by atoms with Gasteiger partial charge < -0.3 is 4.57 Å². The zero-order chi connectivity index (χ0) is 24.6. The Morgan fingerprint density at radius 2 is 1.50 bits per heavy atom. The maximum Gasteiger partial charge on any atom is 0.293 e. The number of hydrogen-bond donors (Lipinski definition) is 0. The number of fused-ring (bicyclic) bond motifs is 2.